The molecule has 2 aromatic rings. The molecule has 3 aliphatic rings. The first-order chi connectivity index (χ1) is 13.8. The minimum atomic E-state index is 0.117. The molecule has 3 heterocycles. The number of allylic oxidation sites excluding steroid dienone is 7. The van der Waals surface area contributed by atoms with Crippen LogP contribution in [-0.4, -0.2) is 38.4 Å². The molecule has 2 aliphatic carbocycles. The van der Waals surface area contributed by atoms with Gasteiger partial charge in [0.1, 0.15) is 11.4 Å². The molecule has 144 valence electrons. The van der Waals surface area contributed by atoms with E-state index in [4.69, 9.17) is 4.98 Å². The first kappa shape index (κ1) is 18.3. The number of imidazole rings is 1. The molecule has 2 aromatic heterocycles. The molecule has 0 saturated carbocycles. The Bertz CT molecular complexity index is 1030. The van der Waals surface area contributed by atoms with E-state index in [0.29, 0.717) is 17.2 Å². The molecular weight excluding hydrogens is 350 g/mol. The second-order valence-electron chi connectivity index (χ2n) is 6.64. The van der Waals surface area contributed by atoms with Gasteiger partial charge in [0, 0.05) is 30.8 Å². The van der Waals surface area contributed by atoms with Crippen LogP contribution in [0.1, 0.15) is 37.4 Å². The van der Waals surface area contributed by atoms with Gasteiger partial charge in [-0.1, -0.05) is 50.3 Å². The van der Waals surface area contributed by atoms with Crippen molar-refractivity contribution < 1.29 is 5.11 Å². The Labute approximate surface area is 164 Å². The highest BCUT2D eigenvalue weighted by molar-refractivity contribution is 5.81. The number of hydrogen-bond acceptors (Lipinski definition) is 4. The van der Waals surface area contributed by atoms with Gasteiger partial charge in [0.15, 0.2) is 11.6 Å². The fraction of sp³-hybridized carbons (Fsp3) is 0.273. The van der Waals surface area contributed by atoms with Crippen LogP contribution in [0.25, 0.3) is 23.2 Å². The zero-order valence-electron chi connectivity index (χ0n) is 16.2. The van der Waals surface area contributed by atoms with Crippen LogP contribution in [0.15, 0.2) is 47.6 Å². The molecule has 0 radical (unpaired) electrons. The Morgan fingerprint density at radius 1 is 1.11 bits per heavy atom. The summed E-state index contributed by atoms with van der Waals surface area (Å²) in [5.41, 5.74) is 6.55. The summed E-state index contributed by atoms with van der Waals surface area (Å²) in [5, 5.41) is 21.3. The van der Waals surface area contributed by atoms with Gasteiger partial charge in [-0.05, 0) is 23.6 Å². The van der Waals surface area contributed by atoms with Crippen LogP contribution in [0.4, 0.5) is 0 Å². The Morgan fingerprint density at radius 2 is 1.96 bits per heavy atom. The topological polar surface area (TPSA) is 89.6 Å². The third-order valence-electron chi connectivity index (χ3n) is 4.95. The maximum atomic E-state index is 10.7. The molecule has 0 unspecified atom stereocenters. The average molecular weight is 375 g/mol. The minimum Gasteiger partial charge on any atom is -0.504 e. The largest absolute Gasteiger partial charge is 0.504 e. The molecule has 0 atom stereocenters. The monoisotopic (exact) mass is 375 g/mol. The van der Waals surface area contributed by atoms with Crippen LogP contribution in [0.2, 0.25) is 0 Å². The van der Waals surface area contributed by atoms with E-state index in [1.165, 1.54) is 11.1 Å². The van der Waals surface area contributed by atoms with Gasteiger partial charge < -0.3 is 15.4 Å². The van der Waals surface area contributed by atoms with Crippen molar-refractivity contribution in [2.45, 2.75) is 26.7 Å². The number of rotatable bonds is 2. The van der Waals surface area contributed by atoms with E-state index in [-0.39, 0.29) is 5.75 Å². The Balaban J connectivity index is 0.000000932. The molecule has 1 fully saturated rings. The fourth-order valence-corrected chi connectivity index (χ4v) is 3.55. The second-order valence-corrected chi connectivity index (χ2v) is 6.64. The van der Waals surface area contributed by atoms with Gasteiger partial charge in [-0.25, -0.2) is 4.98 Å². The summed E-state index contributed by atoms with van der Waals surface area (Å²) in [6.45, 7) is 5.80. The summed E-state index contributed by atoms with van der Waals surface area (Å²) in [4.78, 5) is 8.05. The highest BCUT2D eigenvalue weighted by Crippen LogP contribution is 2.34. The normalized spacial score (nSPS) is 17.4. The van der Waals surface area contributed by atoms with Crippen LogP contribution in [0, 0.1) is 0 Å². The standard InChI is InChI=1S/C20H19N5O.C2H6/c26-19-17(12-5-3-1-2-4-6-12)24-25-18(19)20-22-15-8-7-13-10-21-11-14(13)9-16(15)23-20;1-2/h1,3-7,9,21,26H,2,8,10-11H2,(H,22,23)(H,24,25);1-2H3. The lowest BCUT2D eigenvalue weighted by atomic mass is 10.1. The molecule has 0 aromatic carbocycles. The van der Waals surface area contributed by atoms with Crippen molar-refractivity contribution in [3.05, 3.63) is 64.7 Å². The molecule has 4 N–H and O–H groups in total. The van der Waals surface area contributed by atoms with Gasteiger partial charge in [-0.3, -0.25) is 5.10 Å². The zero-order chi connectivity index (χ0) is 19.5. The number of hydrogen-bond donors (Lipinski definition) is 4. The van der Waals surface area contributed by atoms with E-state index >= 15 is 0 Å². The zero-order valence-corrected chi connectivity index (χ0v) is 16.2. The van der Waals surface area contributed by atoms with Crippen molar-refractivity contribution in [1.82, 2.24) is 25.5 Å². The van der Waals surface area contributed by atoms with Crippen molar-refractivity contribution in [3.8, 4) is 17.3 Å². The molecule has 0 spiro atoms. The second kappa shape index (κ2) is 7.86. The minimum absolute atomic E-state index is 0.117. The fourth-order valence-electron chi connectivity index (χ4n) is 3.55. The van der Waals surface area contributed by atoms with Gasteiger partial charge in [-0.15, -0.1) is 0 Å². The van der Waals surface area contributed by atoms with Crippen LogP contribution in [-0.2, 0) is 6.42 Å². The van der Waals surface area contributed by atoms with E-state index in [2.05, 4.69) is 38.7 Å². The van der Waals surface area contributed by atoms with Crippen molar-refractivity contribution in [3.63, 3.8) is 0 Å². The summed E-state index contributed by atoms with van der Waals surface area (Å²) in [6.07, 6.45) is 16.1. The lowest BCUT2D eigenvalue weighted by Crippen LogP contribution is -2.05. The molecule has 0 amide bonds. The van der Waals surface area contributed by atoms with E-state index in [0.717, 1.165) is 42.9 Å². The van der Waals surface area contributed by atoms with Gasteiger partial charge in [0.2, 0.25) is 0 Å². The Morgan fingerprint density at radius 3 is 2.86 bits per heavy atom. The van der Waals surface area contributed by atoms with Crippen LogP contribution >= 0.6 is 0 Å². The summed E-state index contributed by atoms with van der Waals surface area (Å²) in [5.74, 6) is 0.728. The Hall–Kier alpha value is -3.12. The smallest absolute Gasteiger partial charge is 0.172 e. The first-order valence-corrected chi connectivity index (χ1v) is 9.80. The van der Waals surface area contributed by atoms with Crippen molar-refractivity contribution in [1.29, 1.82) is 0 Å². The SMILES string of the molecule is CC.Oc1c(C2=CC=CCC=C2)n[nH]c1-c1nc2c([nH]1)CC=C1CNCC1=C2. The van der Waals surface area contributed by atoms with Gasteiger partial charge >= 0.3 is 0 Å². The number of nitrogens with one attached hydrogen (secondary N) is 3. The maximum Gasteiger partial charge on any atom is 0.172 e. The van der Waals surface area contributed by atoms with E-state index in [1.54, 1.807) is 0 Å². The van der Waals surface area contributed by atoms with Gasteiger partial charge in [-0.2, -0.15) is 5.10 Å². The molecule has 6 heteroatoms. The number of aromatic hydroxyl groups is 1. The van der Waals surface area contributed by atoms with Crippen LogP contribution in [0.3, 0.4) is 0 Å². The van der Waals surface area contributed by atoms with E-state index < -0.39 is 0 Å². The summed E-state index contributed by atoms with van der Waals surface area (Å²) in [6, 6.07) is 0. The molecule has 5 rings (SSSR count). The summed E-state index contributed by atoms with van der Waals surface area (Å²) in [7, 11) is 0. The molecular formula is C22H25N5O. The predicted molar refractivity (Wildman–Crippen MR) is 113 cm³/mol. The molecule has 0 bridgehead atoms. The lowest BCUT2D eigenvalue weighted by molar-refractivity contribution is 0.475. The highest BCUT2D eigenvalue weighted by atomic mass is 16.3. The third-order valence-corrected chi connectivity index (χ3v) is 4.95. The number of aromatic amines is 2. The number of nitrogens with zero attached hydrogens (tertiary/aromatic N) is 2. The third kappa shape index (κ3) is 3.27. The maximum absolute atomic E-state index is 10.7. The highest BCUT2D eigenvalue weighted by Gasteiger charge is 2.22. The van der Waals surface area contributed by atoms with Crippen molar-refractivity contribution in [2.24, 2.45) is 0 Å². The number of H-pyrrole nitrogens is 2. The van der Waals surface area contributed by atoms with Gasteiger partial charge in [0.25, 0.3) is 0 Å². The lowest BCUT2D eigenvalue weighted by Gasteiger charge is -1.98. The van der Waals surface area contributed by atoms with Crippen molar-refractivity contribution >= 4 is 11.6 Å². The summed E-state index contributed by atoms with van der Waals surface area (Å²) >= 11 is 0. The average Bonchev–Trinajstić information content (AvgIpc) is 3.34. The number of aromatic nitrogens is 4. The number of fused-ring (bicyclic) bond motifs is 2. The predicted octanol–water partition coefficient (Wildman–Crippen LogP) is 3.90. The van der Waals surface area contributed by atoms with E-state index in [1.807, 2.05) is 38.2 Å². The van der Waals surface area contributed by atoms with Gasteiger partial charge in [0.05, 0.1) is 5.69 Å². The summed E-state index contributed by atoms with van der Waals surface area (Å²) < 4.78 is 0. The molecule has 1 aliphatic heterocycles. The van der Waals surface area contributed by atoms with Crippen LogP contribution < -0.4 is 5.32 Å². The van der Waals surface area contributed by atoms with Crippen LogP contribution in [0.5, 0.6) is 5.75 Å². The Kier molecular flexibility index (Phi) is 5.12. The molecule has 28 heavy (non-hydrogen) atoms. The first-order valence-electron chi connectivity index (χ1n) is 9.80. The quantitative estimate of drug-likeness (QED) is 0.641. The molecule has 6 nitrogen and oxygen atoms in total. The molecule has 1 saturated heterocycles. The van der Waals surface area contributed by atoms with E-state index in [9.17, 15) is 5.11 Å². The van der Waals surface area contributed by atoms with Crippen molar-refractivity contribution in [2.75, 3.05) is 13.1 Å².